The maximum absolute atomic E-state index is 13.0. The zero-order valence-electron chi connectivity index (χ0n) is 16.8. The molecular weight excluding hydrogens is 462 g/mol. The van der Waals surface area contributed by atoms with Crippen LogP contribution in [0, 0.1) is 0 Å². The predicted molar refractivity (Wildman–Crippen MR) is 117 cm³/mol. The number of halogens is 1. The number of carbonyl (C=O) groups is 3. The number of nitrogens with one attached hydrogen (secondary N) is 2. The number of benzene rings is 2. The van der Waals surface area contributed by atoms with Crippen molar-refractivity contribution in [1.82, 2.24) is 15.5 Å². The van der Waals surface area contributed by atoms with Crippen LogP contribution in [0.25, 0.3) is 0 Å². The Morgan fingerprint density at radius 1 is 1.10 bits per heavy atom. The van der Waals surface area contributed by atoms with Crippen molar-refractivity contribution < 1.29 is 19.1 Å². The lowest BCUT2D eigenvalue weighted by molar-refractivity contribution is -0.129. The molecule has 7 nitrogen and oxygen atoms in total. The highest BCUT2D eigenvalue weighted by molar-refractivity contribution is 9.10. The summed E-state index contributed by atoms with van der Waals surface area (Å²) in [6, 6.07) is 12.2. The molecule has 1 fully saturated rings. The van der Waals surface area contributed by atoms with Gasteiger partial charge in [-0.2, -0.15) is 0 Å². The molecule has 3 amide bonds. The van der Waals surface area contributed by atoms with E-state index in [-0.39, 0.29) is 36.3 Å². The largest absolute Gasteiger partial charge is 0.493 e. The molecule has 2 heterocycles. The third-order valence-electron chi connectivity index (χ3n) is 5.96. The first-order valence-corrected chi connectivity index (χ1v) is 11.2. The monoisotopic (exact) mass is 483 g/mol. The maximum Gasteiger partial charge on any atom is 0.255 e. The molecule has 0 spiro atoms. The number of ether oxygens (including phenoxy) is 1. The molecule has 160 valence electrons. The van der Waals surface area contributed by atoms with Gasteiger partial charge in [0.2, 0.25) is 11.8 Å². The molecule has 3 aliphatic rings. The summed E-state index contributed by atoms with van der Waals surface area (Å²) < 4.78 is 6.57. The molecule has 2 aliphatic heterocycles. The fourth-order valence-electron chi connectivity index (χ4n) is 4.36. The SMILES string of the molecule is O=C(CNC(=O)C1c2ccccc2C(=O)N1C1CC1)NC1CCOc2ccc(Br)cc21. The minimum atomic E-state index is -0.677. The molecule has 2 N–H and O–H groups in total. The fourth-order valence-corrected chi connectivity index (χ4v) is 4.74. The van der Waals surface area contributed by atoms with Crippen LogP contribution in [0.2, 0.25) is 0 Å². The highest BCUT2D eigenvalue weighted by Gasteiger charge is 2.47. The van der Waals surface area contributed by atoms with Gasteiger partial charge in [-0.1, -0.05) is 34.1 Å². The van der Waals surface area contributed by atoms with E-state index >= 15 is 0 Å². The van der Waals surface area contributed by atoms with Gasteiger partial charge >= 0.3 is 0 Å². The lowest BCUT2D eigenvalue weighted by atomic mass is 10.0. The molecule has 31 heavy (non-hydrogen) atoms. The second-order valence-corrected chi connectivity index (χ2v) is 9.01. The number of amides is 3. The third kappa shape index (κ3) is 3.80. The van der Waals surface area contributed by atoms with Crippen molar-refractivity contribution in [3.05, 3.63) is 63.6 Å². The molecule has 8 heteroatoms. The van der Waals surface area contributed by atoms with Crippen LogP contribution in [0.1, 0.15) is 52.8 Å². The Labute approximate surface area is 188 Å². The predicted octanol–water partition coefficient (Wildman–Crippen LogP) is 2.86. The highest BCUT2D eigenvalue weighted by atomic mass is 79.9. The van der Waals surface area contributed by atoms with Crippen molar-refractivity contribution >= 4 is 33.7 Å². The van der Waals surface area contributed by atoms with Crippen LogP contribution in [0.3, 0.4) is 0 Å². The summed E-state index contributed by atoms with van der Waals surface area (Å²) in [7, 11) is 0. The van der Waals surface area contributed by atoms with Gasteiger partial charge in [0, 0.05) is 28.1 Å². The van der Waals surface area contributed by atoms with Gasteiger partial charge < -0.3 is 20.3 Å². The van der Waals surface area contributed by atoms with E-state index in [0.717, 1.165) is 28.6 Å². The summed E-state index contributed by atoms with van der Waals surface area (Å²) in [5.41, 5.74) is 2.19. The Hall–Kier alpha value is -2.87. The average molecular weight is 484 g/mol. The summed E-state index contributed by atoms with van der Waals surface area (Å²) in [6.45, 7) is 0.369. The van der Waals surface area contributed by atoms with Crippen LogP contribution < -0.4 is 15.4 Å². The first kappa shape index (κ1) is 20.1. The van der Waals surface area contributed by atoms with Crippen LogP contribution in [-0.2, 0) is 9.59 Å². The molecule has 2 atom stereocenters. The van der Waals surface area contributed by atoms with Crippen molar-refractivity contribution in [2.75, 3.05) is 13.2 Å². The Balaban J connectivity index is 1.25. The second kappa shape index (κ2) is 8.00. The second-order valence-electron chi connectivity index (χ2n) is 8.09. The van der Waals surface area contributed by atoms with Gasteiger partial charge in [-0.25, -0.2) is 0 Å². The zero-order valence-corrected chi connectivity index (χ0v) is 18.4. The Morgan fingerprint density at radius 3 is 2.71 bits per heavy atom. The van der Waals surface area contributed by atoms with Crippen LogP contribution in [-0.4, -0.2) is 41.8 Å². The molecular formula is C23H22BrN3O4. The third-order valence-corrected chi connectivity index (χ3v) is 6.45. The summed E-state index contributed by atoms with van der Waals surface area (Å²) in [5.74, 6) is 0.0502. The maximum atomic E-state index is 13.0. The molecule has 1 aliphatic carbocycles. The van der Waals surface area contributed by atoms with Crippen LogP contribution in [0.5, 0.6) is 5.75 Å². The minimum absolute atomic E-state index is 0.0988. The highest BCUT2D eigenvalue weighted by Crippen LogP contribution is 2.42. The normalized spacial score (nSPS) is 21.7. The van der Waals surface area contributed by atoms with Crippen LogP contribution in [0.15, 0.2) is 46.9 Å². The summed E-state index contributed by atoms with van der Waals surface area (Å²) in [6.07, 6.45) is 2.47. The first-order valence-electron chi connectivity index (χ1n) is 10.4. The molecule has 1 saturated carbocycles. The zero-order chi connectivity index (χ0) is 21.5. The molecule has 2 aromatic rings. The fraction of sp³-hybridized carbons (Fsp3) is 0.348. The topological polar surface area (TPSA) is 87.7 Å². The summed E-state index contributed by atoms with van der Waals surface area (Å²) in [5, 5.41) is 5.73. The molecule has 0 bridgehead atoms. The van der Waals surface area contributed by atoms with Crippen molar-refractivity contribution in [2.45, 2.75) is 37.4 Å². The summed E-state index contributed by atoms with van der Waals surface area (Å²) in [4.78, 5) is 40.1. The van der Waals surface area contributed by atoms with Crippen LogP contribution >= 0.6 is 15.9 Å². The molecule has 0 radical (unpaired) electrons. The molecule has 2 unspecified atom stereocenters. The molecule has 0 saturated heterocycles. The smallest absolute Gasteiger partial charge is 0.255 e. The number of nitrogens with zero attached hydrogens (tertiary/aromatic N) is 1. The van der Waals surface area contributed by atoms with Gasteiger partial charge in [-0.05, 0) is 42.7 Å². The quantitative estimate of drug-likeness (QED) is 0.684. The Morgan fingerprint density at radius 2 is 1.90 bits per heavy atom. The van der Waals surface area contributed by atoms with E-state index in [0.29, 0.717) is 24.2 Å². The number of carbonyl (C=O) groups excluding carboxylic acids is 3. The van der Waals surface area contributed by atoms with Gasteiger partial charge in [0.1, 0.15) is 11.8 Å². The van der Waals surface area contributed by atoms with Crippen LogP contribution in [0.4, 0.5) is 0 Å². The van der Waals surface area contributed by atoms with E-state index in [1.54, 1.807) is 17.0 Å². The van der Waals surface area contributed by atoms with Crippen molar-refractivity contribution in [2.24, 2.45) is 0 Å². The van der Waals surface area contributed by atoms with Gasteiger partial charge in [-0.3, -0.25) is 14.4 Å². The van der Waals surface area contributed by atoms with E-state index in [9.17, 15) is 14.4 Å². The molecule has 0 aromatic heterocycles. The van der Waals surface area contributed by atoms with E-state index in [4.69, 9.17) is 4.74 Å². The summed E-state index contributed by atoms with van der Waals surface area (Å²) >= 11 is 3.45. The lowest BCUT2D eigenvalue weighted by Crippen LogP contribution is -2.44. The standard InChI is InChI=1S/C23H22BrN3O4/c24-13-5-8-19-17(11-13)18(9-10-31-19)26-20(28)12-25-22(29)21-15-3-1-2-4-16(15)23(30)27(21)14-6-7-14/h1-5,8,11,14,18,21H,6-7,9-10,12H2,(H,25,29)(H,26,28). The number of rotatable bonds is 5. The van der Waals surface area contributed by atoms with Crippen molar-refractivity contribution in [3.63, 3.8) is 0 Å². The Kier molecular flexibility index (Phi) is 5.17. The van der Waals surface area contributed by atoms with Crippen molar-refractivity contribution in [1.29, 1.82) is 0 Å². The average Bonchev–Trinajstić information content (AvgIpc) is 3.56. The van der Waals surface area contributed by atoms with E-state index < -0.39 is 6.04 Å². The molecule has 2 aromatic carbocycles. The van der Waals surface area contributed by atoms with Gasteiger partial charge in [0.15, 0.2) is 0 Å². The van der Waals surface area contributed by atoms with Gasteiger partial charge in [-0.15, -0.1) is 0 Å². The van der Waals surface area contributed by atoms with Crippen molar-refractivity contribution in [3.8, 4) is 5.75 Å². The molecule has 5 rings (SSSR count). The van der Waals surface area contributed by atoms with E-state index in [1.165, 1.54) is 0 Å². The van der Waals surface area contributed by atoms with E-state index in [2.05, 4.69) is 26.6 Å². The Bertz CT molecular complexity index is 1070. The van der Waals surface area contributed by atoms with Gasteiger partial charge in [0.25, 0.3) is 5.91 Å². The number of hydrogen-bond acceptors (Lipinski definition) is 4. The minimum Gasteiger partial charge on any atom is -0.493 e. The number of hydrogen-bond donors (Lipinski definition) is 2. The lowest BCUT2D eigenvalue weighted by Gasteiger charge is -2.27. The number of fused-ring (bicyclic) bond motifs is 2. The van der Waals surface area contributed by atoms with E-state index in [1.807, 2.05) is 30.3 Å². The van der Waals surface area contributed by atoms with Gasteiger partial charge in [0.05, 0.1) is 19.2 Å². The first-order chi connectivity index (χ1) is 15.0.